The second kappa shape index (κ2) is 6.32. The lowest BCUT2D eigenvalue weighted by Gasteiger charge is -2.11. The average molecular weight is 398 g/mol. The third-order valence-electron chi connectivity index (χ3n) is 3.44. The second-order valence-corrected chi connectivity index (χ2v) is 6.08. The summed E-state index contributed by atoms with van der Waals surface area (Å²) in [5.74, 6) is 0.375. The van der Waals surface area contributed by atoms with Crippen LogP contribution in [0, 0.1) is 0 Å². The predicted octanol–water partition coefficient (Wildman–Crippen LogP) is 4.89. The fraction of sp³-hybridized carbons (Fsp3) is 0.118. The van der Waals surface area contributed by atoms with E-state index in [9.17, 15) is 18.0 Å². The summed E-state index contributed by atoms with van der Waals surface area (Å²) in [6.07, 6.45) is -4.59. The Morgan fingerprint density at radius 3 is 2.42 bits per heavy atom. The van der Waals surface area contributed by atoms with E-state index in [1.807, 2.05) is 24.3 Å². The number of benzene rings is 2. The monoisotopic (exact) mass is 397 g/mol. The van der Waals surface area contributed by atoms with Gasteiger partial charge in [-0.05, 0) is 29.8 Å². The van der Waals surface area contributed by atoms with Gasteiger partial charge in [-0.15, -0.1) is 0 Å². The van der Waals surface area contributed by atoms with Gasteiger partial charge in [0.25, 0.3) is 0 Å². The summed E-state index contributed by atoms with van der Waals surface area (Å²) in [6, 6.07) is 12.2. The first-order valence-corrected chi connectivity index (χ1v) is 7.74. The van der Waals surface area contributed by atoms with Gasteiger partial charge < -0.3 is 9.72 Å². The van der Waals surface area contributed by atoms with Crippen molar-refractivity contribution in [2.24, 2.45) is 0 Å². The molecular formula is C17H11BrF3NO2. The molecule has 0 amide bonds. The molecule has 0 atom stereocenters. The number of H-pyrrole nitrogens is 1. The summed E-state index contributed by atoms with van der Waals surface area (Å²) in [4.78, 5) is 13.9. The molecule has 0 saturated carbocycles. The molecule has 0 saturated heterocycles. The molecule has 7 heteroatoms. The van der Waals surface area contributed by atoms with Crippen LogP contribution in [0.3, 0.4) is 0 Å². The molecule has 2 aromatic carbocycles. The molecule has 3 nitrogen and oxygen atoms in total. The van der Waals surface area contributed by atoms with Crippen molar-refractivity contribution in [3.63, 3.8) is 0 Å². The average Bonchev–Trinajstić information content (AvgIpc) is 2.52. The standard InChI is InChI=1S/C17H11BrF3NO2/c18-11-3-1-10(2-4-11)9-24-12-5-6-13-14(17(19,20)21)8-16(23)22-15(13)7-12/h1-8H,9H2,(H,22,23). The van der Waals surface area contributed by atoms with Gasteiger partial charge >= 0.3 is 6.18 Å². The number of fused-ring (bicyclic) bond motifs is 1. The van der Waals surface area contributed by atoms with Gasteiger partial charge in [0, 0.05) is 22.0 Å². The van der Waals surface area contributed by atoms with Gasteiger partial charge in [0.05, 0.1) is 11.1 Å². The Morgan fingerprint density at radius 1 is 1.04 bits per heavy atom. The van der Waals surface area contributed by atoms with Crippen LogP contribution in [0.2, 0.25) is 0 Å². The number of ether oxygens (including phenoxy) is 1. The minimum Gasteiger partial charge on any atom is -0.489 e. The van der Waals surface area contributed by atoms with Crippen LogP contribution in [0.4, 0.5) is 13.2 Å². The molecule has 0 fully saturated rings. The fourth-order valence-electron chi connectivity index (χ4n) is 2.31. The van der Waals surface area contributed by atoms with Crippen molar-refractivity contribution in [3.05, 3.63) is 74.5 Å². The third kappa shape index (κ3) is 3.62. The first kappa shape index (κ1) is 16.6. The Labute approximate surface area is 143 Å². The Kier molecular flexibility index (Phi) is 4.36. The molecule has 1 N–H and O–H groups in total. The van der Waals surface area contributed by atoms with Crippen LogP contribution in [0.25, 0.3) is 10.9 Å². The van der Waals surface area contributed by atoms with Crippen molar-refractivity contribution in [1.29, 1.82) is 0 Å². The zero-order valence-electron chi connectivity index (χ0n) is 12.2. The molecule has 0 radical (unpaired) electrons. The molecule has 124 valence electrons. The van der Waals surface area contributed by atoms with Crippen LogP contribution < -0.4 is 10.3 Å². The van der Waals surface area contributed by atoms with Gasteiger partial charge in [-0.2, -0.15) is 13.2 Å². The number of hydrogen-bond acceptors (Lipinski definition) is 2. The van der Waals surface area contributed by atoms with Crippen molar-refractivity contribution in [2.45, 2.75) is 12.8 Å². The van der Waals surface area contributed by atoms with E-state index in [1.165, 1.54) is 18.2 Å². The van der Waals surface area contributed by atoms with Gasteiger partial charge in [0.15, 0.2) is 0 Å². The molecule has 0 aliphatic heterocycles. The van der Waals surface area contributed by atoms with Crippen molar-refractivity contribution in [3.8, 4) is 5.75 Å². The summed E-state index contributed by atoms with van der Waals surface area (Å²) in [7, 11) is 0. The fourth-order valence-corrected chi connectivity index (χ4v) is 2.58. The van der Waals surface area contributed by atoms with E-state index in [1.54, 1.807) is 0 Å². The highest BCUT2D eigenvalue weighted by Crippen LogP contribution is 2.34. The van der Waals surface area contributed by atoms with E-state index < -0.39 is 17.3 Å². The number of rotatable bonds is 3. The van der Waals surface area contributed by atoms with Crippen molar-refractivity contribution in [1.82, 2.24) is 4.98 Å². The molecule has 0 spiro atoms. The molecule has 0 unspecified atom stereocenters. The largest absolute Gasteiger partial charge is 0.489 e. The van der Waals surface area contributed by atoms with Gasteiger partial charge in [-0.1, -0.05) is 28.1 Å². The molecule has 24 heavy (non-hydrogen) atoms. The first-order valence-electron chi connectivity index (χ1n) is 6.94. The maximum atomic E-state index is 13.0. The number of aromatic nitrogens is 1. The number of nitrogens with one attached hydrogen (secondary N) is 1. The minimum absolute atomic E-state index is 0.0712. The highest BCUT2D eigenvalue weighted by molar-refractivity contribution is 9.10. The molecule has 3 aromatic rings. The first-order chi connectivity index (χ1) is 11.3. The zero-order chi connectivity index (χ0) is 17.3. The lowest BCUT2D eigenvalue weighted by Crippen LogP contribution is -2.13. The molecule has 0 bridgehead atoms. The summed E-state index contributed by atoms with van der Waals surface area (Å²) >= 11 is 3.33. The van der Waals surface area contributed by atoms with Crippen LogP contribution in [-0.4, -0.2) is 4.98 Å². The molecule has 0 aliphatic rings. The van der Waals surface area contributed by atoms with E-state index in [2.05, 4.69) is 20.9 Å². The summed E-state index contributed by atoms with van der Waals surface area (Å²) in [5, 5.41) is -0.0712. The second-order valence-electron chi connectivity index (χ2n) is 5.17. The maximum absolute atomic E-state index is 13.0. The Balaban J connectivity index is 1.91. The Hall–Kier alpha value is -2.28. The lowest BCUT2D eigenvalue weighted by molar-refractivity contribution is -0.136. The Morgan fingerprint density at radius 2 is 1.75 bits per heavy atom. The molecule has 0 aliphatic carbocycles. The minimum atomic E-state index is -4.59. The van der Waals surface area contributed by atoms with Gasteiger partial charge in [-0.3, -0.25) is 4.79 Å². The highest BCUT2D eigenvalue weighted by atomic mass is 79.9. The molecule has 1 heterocycles. The van der Waals surface area contributed by atoms with Crippen LogP contribution in [-0.2, 0) is 12.8 Å². The molecular weight excluding hydrogens is 387 g/mol. The van der Waals surface area contributed by atoms with E-state index >= 15 is 0 Å². The van der Waals surface area contributed by atoms with Crippen LogP contribution in [0.15, 0.2) is 57.8 Å². The number of halogens is 4. The Bertz CT molecular complexity index is 933. The number of hydrogen-bond donors (Lipinski definition) is 1. The van der Waals surface area contributed by atoms with Crippen molar-refractivity contribution in [2.75, 3.05) is 0 Å². The molecule has 1 aromatic heterocycles. The quantitative estimate of drug-likeness (QED) is 0.683. The van der Waals surface area contributed by atoms with E-state index in [0.717, 1.165) is 10.0 Å². The predicted molar refractivity (Wildman–Crippen MR) is 88.0 cm³/mol. The van der Waals surface area contributed by atoms with Crippen molar-refractivity contribution >= 4 is 26.8 Å². The summed E-state index contributed by atoms with van der Waals surface area (Å²) in [6.45, 7) is 0.266. The lowest BCUT2D eigenvalue weighted by atomic mass is 10.1. The number of aromatic amines is 1. The zero-order valence-corrected chi connectivity index (χ0v) is 13.7. The highest BCUT2D eigenvalue weighted by Gasteiger charge is 2.33. The van der Waals surface area contributed by atoms with E-state index in [0.29, 0.717) is 11.8 Å². The van der Waals surface area contributed by atoms with E-state index in [4.69, 9.17) is 4.74 Å². The SMILES string of the molecule is O=c1cc(C(F)(F)F)c2ccc(OCc3ccc(Br)cc3)cc2[nH]1. The van der Waals surface area contributed by atoms with Gasteiger partial charge in [-0.25, -0.2) is 0 Å². The van der Waals surface area contributed by atoms with Gasteiger partial charge in [0.2, 0.25) is 5.56 Å². The van der Waals surface area contributed by atoms with Crippen molar-refractivity contribution < 1.29 is 17.9 Å². The summed E-state index contributed by atoms with van der Waals surface area (Å²) in [5.41, 5.74) is -0.764. The third-order valence-corrected chi connectivity index (χ3v) is 3.97. The number of pyridine rings is 1. The number of alkyl halides is 3. The van der Waals surface area contributed by atoms with Crippen LogP contribution in [0.5, 0.6) is 5.75 Å². The topological polar surface area (TPSA) is 42.1 Å². The van der Waals surface area contributed by atoms with Gasteiger partial charge in [0.1, 0.15) is 12.4 Å². The molecule has 3 rings (SSSR count). The summed E-state index contributed by atoms with van der Waals surface area (Å²) < 4.78 is 45.6. The van der Waals surface area contributed by atoms with E-state index in [-0.39, 0.29) is 17.5 Å². The maximum Gasteiger partial charge on any atom is 0.417 e. The van der Waals surface area contributed by atoms with Crippen LogP contribution >= 0.6 is 15.9 Å². The normalized spacial score (nSPS) is 11.7. The van der Waals surface area contributed by atoms with Crippen LogP contribution in [0.1, 0.15) is 11.1 Å². The smallest absolute Gasteiger partial charge is 0.417 e.